The maximum atomic E-state index is 11.1. The van der Waals surface area contributed by atoms with Gasteiger partial charge in [0.1, 0.15) is 5.75 Å². The van der Waals surface area contributed by atoms with Crippen molar-refractivity contribution in [1.82, 2.24) is 14.6 Å². The van der Waals surface area contributed by atoms with Crippen LogP contribution in [-0.2, 0) is 4.79 Å². The maximum Gasteiger partial charge on any atom is 0.247 e. The van der Waals surface area contributed by atoms with Crippen molar-refractivity contribution in [1.29, 1.82) is 0 Å². The zero-order chi connectivity index (χ0) is 19.5. The van der Waals surface area contributed by atoms with E-state index in [0.29, 0.717) is 5.95 Å². The number of carbonyl (C=O) groups excluding carboxylic acids is 1. The summed E-state index contributed by atoms with van der Waals surface area (Å²) in [7, 11) is 1.65. The predicted octanol–water partition coefficient (Wildman–Crippen LogP) is 4.11. The molecule has 0 aliphatic heterocycles. The third-order valence-electron chi connectivity index (χ3n) is 4.21. The first kappa shape index (κ1) is 17.5. The highest BCUT2D eigenvalue weighted by atomic mass is 16.5. The molecule has 4 aromatic rings. The molecule has 0 aliphatic rings. The highest BCUT2D eigenvalue weighted by molar-refractivity contribution is 5.88. The number of fused-ring (bicyclic) bond motifs is 1. The van der Waals surface area contributed by atoms with Gasteiger partial charge in [-0.25, -0.2) is 4.52 Å². The van der Waals surface area contributed by atoms with E-state index >= 15 is 0 Å². The van der Waals surface area contributed by atoms with Gasteiger partial charge >= 0.3 is 0 Å². The molecule has 4 rings (SSSR count). The van der Waals surface area contributed by atoms with Gasteiger partial charge in [-0.05, 0) is 60.7 Å². The van der Waals surface area contributed by atoms with Gasteiger partial charge in [-0.3, -0.25) is 4.79 Å². The Bertz CT molecular complexity index is 1120. The molecule has 0 radical (unpaired) electrons. The Morgan fingerprint density at radius 3 is 2.36 bits per heavy atom. The number of nitrogens with one attached hydrogen (secondary N) is 2. The van der Waals surface area contributed by atoms with Crippen molar-refractivity contribution < 1.29 is 9.53 Å². The van der Waals surface area contributed by atoms with Crippen LogP contribution in [0.15, 0.2) is 66.7 Å². The minimum Gasteiger partial charge on any atom is -0.497 e. The Labute approximate surface area is 162 Å². The van der Waals surface area contributed by atoms with Gasteiger partial charge in [-0.2, -0.15) is 4.98 Å². The van der Waals surface area contributed by atoms with E-state index < -0.39 is 0 Å². The number of anilines is 3. The summed E-state index contributed by atoms with van der Waals surface area (Å²) in [6.07, 6.45) is 0. The van der Waals surface area contributed by atoms with Crippen LogP contribution in [0.25, 0.3) is 16.9 Å². The van der Waals surface area contributed by atoms with Crippen LogP contribution in [0.1, 0.15) is 6.92 Å². The average Bonchev–Trinajstić information content (AvgIpc) is 3.11. The average molecular weight is 373 g/mol. The number of benzene rings is 2. The second-order valence-corrected chi connectivity index (χ2v) is 6.23. The zero-order valence-corrected chi connectivity index (χ0v) is 15.5. The number of ether oxygens (including phenoxy) is 1. The van der Waals surface area contributed by atoms with Gasteiger partial charge in [-0.15, -0.1) is 5.10 Å². The van der Waals surface area contributed by atoms with E-state index in [-0.39, 0.29) is 5.91 Å². The summed E-state index contributed by atoms with van der Waals surface area (Å²) in [4.78, 5) is 15.7. The Hall–Kier alpha value is -3.87. The number of hydrogen-bond acceptors (Lipinski definition) is 5. The topological polar surface area (TPSA) is 80.5 Å². The van der Waals surface area contributed by atoms with Crippen LogP contribution >= 0.6 is 0 Å². The van der Waals surface area contributed by atoms with E-state index in [1.165, 1.54) is 6.92 Å². The molecule has 2 heterocycles. The fraction of sp³-hybridized carbons (Fsp3) is 0.0952. The molecule has 7 heteroatoms. The lowest BCUT2D eigenvalue weighted by Gasteiger charge is -2.06. The molecular weight excluding hydrogens is 354 g/mol. The second-order valence-electron chi connectivity index (χ2n) is 6.23. The van der Waals surface area contributed by atoms with Crippen LogP contribution in [0.5, 0.6) is 5.75 Å². The molecule has 1 amide bonds. The van der Waals surface area contributed by atoms with Crippen molar-refractivity contribution in [3.05, 3.63) is 66.7 Å². The third kappa shape index (κ3) is 3.64. The highest BCUT2D eigenvalue weighted by Crippen LogP contribution is 2.24. The van der Waals surface area contributed by atoms with Crippen molar-refractivity contribution in [2.45, 2.75) is 6.92 Å². The van der Waals surface area contributed by atoms with Crippen LogP contribution in [-0.4, -0.2) is 27.6 Å². The Morgan fingerprint density at radius 1 is 0.964 bits per heavy atom. The minimum absolute atomic E-state index is 0.103. The van der Waals surface area contributed by atoms with Crippen LogP contribution in [0.3, 0.4) is 0 Å². The quantitative estimate of drug-likeness (QED) is 0.550. The first-order valence-electron chi connectivity index (χ1n) is 8.77. The number of carbonyl (C=O) groups is 1. The van der Waals surface area contributed by atoms with Gasteiger partial charge in [0, 0.05) is 23.9 Å². The van der Waals surface area contributed by atoms with Crippen molar-refractivity contribution >= 4 is 28.9 Å². The summed E-state index contributed by atoms with van der Waals surface area (Å²) in [6, 6.07) is 21.0. The SMILES string of the molecule is COc1ccc(-c2cccc3nc(Nc4ccc(NC(C)=O)cc4)nn23)cc1. The lowest BCUT2D eigenvalue weighted by Crippen LogP contribution is -2.05. The smallest absolute Gasteiger partial charge is 0.247 e. The van der Waals surface area contributed by atoms with Crippen molar-refractivity contribution in [3.8, 4) is 17.0 Å². The molecule has 28 heavy (non-hydrogen) atoms. The van der Waals surface area contributed by atoms with E-state index in [0.717, 1.165) is 34.0 Å². The summed E-state index contributed by atoms with van der Waals surface area (Å²) in [5.74, 6) is 1.20. The number of methoxy groups -OCH3 is 1. The molecule has 0 saturated heterocycles. The molecule has 2 N–H and O–H groups in total. The molecule has 7 nitrogen and oxygen atoms in total. The lowest BCUT2D eigenvalue weighted by molar-refractivity contribution is -0.114. The molecule has 140 valence electrons. The normalized spacial score (nSPS) is 10.6. The summed E-state index contributed by atoms with van der Waals surface area (Å²) in [5, 5.41) is 10.5. The predicted molar refractivity (Wildman–Crippen MR) is 109 cm³/mol. The molecule has 0 aliphatic carbocycles. The second kappa shape index (κ2) is 7.40. The number of aromatic nitrogens is 3. The van der Waals surface area contributed by atoms with Crippen molar-refractivity contribution in [2.24, 2.45) is 0 Å². The van der Waals surface area contributed by atoms with Gasteiger partial charge in [0.15, 0.2) is 5.65 Å². The zero-order valence-electron chi connectivity index (χ0n) is 15.5. The van der Waals surface area contributed by atoms with E-state index in [1.54, 1.807) is 11.6 Å². The summed E-state index contributed by atoms with van der Waals surface area (Å²) in [5.41, 5.74) is 4.26. The Kier molecular flexibility index (Phi) is 4.63. The molecule has 0 saturated carbocycles. The van der Waals surface area contributed by atoms with E-state index in [1.807, 2.05) is 66.7 Å². The third-order valence-corrected chi connectivity index (χ3v) is 4.21. The van der Waals surface area contributed by atoms with Crippen LogP contribution in [0.2, 0.25) is 0 Å². The maximum absolute atomic E-state index is 11.1. The molecule has 0 spiro atoms. The van der Waals surface area contributed by atoms with Crippen molar-refractivity contribution in [2.75, 3.05) is 17.7 Å². The molecule has 2 aromatic carbocycles. The van der Waals surface area contributed by atoms with Crippen LogP contribution < -0.4 is 15.4 Å². The fourth-order valence-corrected chi connectivity index (χ4v) is 2.91. The number of amides is 1. The number of rotatable bonds is 5. The monoisotopic (exact) mass is 373 g/mol. The molecular formula is C21H19N5O2. The molecule has 0 bridgehead atoms. The Morgan fingerprint density at radius 2 is 1.68 bits per heavy atom. The van der Waals surface area contributed by atoms with E-state index in [4.69, 9.17) is 4.74 Å². The first-order chi connectivity index (χ1) is 13.6. The standard InChI is InChI=1S/C21H19N5O2/c1-14(27)22-16-8-10-17(11-9-16)23-21-24-20-5-3-4-19(26(20)25-21)15-6-12-18(28-2)13-7-15/h3-13H,1-2H3,(H,22,27)(H,23,25). The molecule has 0 atom stereocenters. The molecule has 0 fully saturated rings. The van der Waals surface area contributed by atoms with Gasteiger partial charge in [0.05, 0.1) is 12.8 Å². The van der Waals surface area contributed by atoms with Gasteiger partial charge in [0.25, 0.3) is 0 Å². The number of nitrogens with zero attached hydrogens (tertiary/aromatic N) is 3. The fourth-order valence-electron chi connectivity index (χ4n) is 2.91. The largest absolute Gasteiger partial charge is 0.497 e. The summed E-state index contributed by atoms with van der Waals surface area (Å²) >= 11 is 0. The summed E-state index contributed by atoms with van der Waals surface area (Å²) < 4.78 is 7.03. The summed E-state index contributed by atoms with van der Waals surface area (Å²) in [6.45, 7) is 1.48. The van der Waals surface area contributed by atoms with Crippen molar-refractivity contribution in [3.63, 3.8) is 0 Å². The van der Waals surface area contributed by atoms with E-state index in [9.17, 15) is 4.79 Å². The number of pyridine rings is 1. The van der Waals surface area contributed by atoms with Crippen LogP contribution in [0.4, 0.5) is 17.3 Å². The molecule has 2 aromatic heterocycles. The van der Waals surface area contributed by atoms with Gasteiger partial charge < -0.3 is 15.4 Å². The van der Waals surface area contributed by atoms with Gasteiger partial charge in [0.2, 0.25) is 11.9 Å². The Balaban J connectivity index is 1.61. The minimum atomic E-state index is -0.103. The van der Waals surface area contributed by atoms with Gasteiger partial charge in [-0.1, -0.05) is 6.07 Å². The number of hydrogen-bond donors (Lipinski definition) is 2. The lowest BCUT2D eigenvalue weighted by atomic mass is 10.1. The highest BCUT2D eigenvalue weighted by Gasteiger charge is 2.09. The van der Waals surface area contributed by atoms with Crippen LogP contribution in [0, 0.1) is 0 Å². The molecule has 0 unspecified atom stereocenters. The van der Waals surface area contributed by atoms with E-state index in [2.05, 4.69) is 20.7 Å². The first-order valence-corrected chi connectivity index (χ1v) is 8.77.